The van der Waals surface area contributed by atoms with Crippen LogP contribution in [0.3, 0.4) is 0 Å². The summed E-state index contributed by atoms with van der Waals surface area (Å²) in [7, 11) is 1.32. The third kappa shape index (κ3) is 11.7. The highest BCUT2D eigenvalue weighted by Gasteiger charge is 2.30. The van der Waals surface area contributed by atoms with Gasteiger partial charge in [-0.1, -0.05) is 77.6 Å². The van der Waals surface area contributed by atoms with E-state index in [4.69, 9.17) is 0 Å². The molecule has 0 rings (SSSR count). The van der Waals surface area contributed by atoms with E-state index in [1.54, 1.807) is 0 Å². The van der Waals surface area contributed by atoms with Gasteiger partial charge in [-0.15, -0.1) is 0 Å². The SMILES string of the molecule is CCCCCCCCCCCCCCC(C)(O)C(=O)OC. The molecular weight excluding hydrogens is 264 g/mol. The van der Waals surface area contributed by atoms with Gasteiger partial charge in [0.15, 0.2) is 5.60 Å². The van der Waals surface area contributed by atoms with Gasteiger partial charge in [0, 0.05) is 0 Å². The van der Waals surface area contributed by atoms with Crippen LogP contribution in [0, 0.1) is 0 Å². The number of ether oxygens (including phenoxy) is 1. The Labute approximate surface area is 131 Å². The van der Waals surface area contributed by atoms with Crippen molar-refractivity contribution in [2.45, 2.75) is 103 Å². The maximum Gasteiger partial charge on any atom is 0.337 e. The van der Waals surface area contributed by atoms with Crippen molar-refractivity contribution in [2.75, 3.05) is 7.11 Å². The summed E-state index contributed by atoms with van der Waals surface area (Å²) in [5, 5.41) is 9.87. The molecular formula is C18H36O3. The molecule has 21 heavy (non-hydrogen) atoms. The smallest absolute Gasteiger partial charge is 0.337 e. The predicted molar refractivity (Wildman–Crippen MR) is 88.3 cm³/mol. The molecule has 0 radical (unpaired) electrons. The number of hydrogen-bond donors (Lipinski definition) is 1. The molecule has 3 heteroatoms. The van der Waals surface area contributed by atoms with Crippen molar-refractivity contribution in [2.24, 2.45) is 0 Å². The number of carbonyl (C=O) groups excluding carboxylic acids is 1. The van der Waals surface area contributed by atoms with Gasteiger partial charge in [-0.05, 0) is 19.8 Å². The summed E-state index contributed by atoms with van der Waals surface area (Å²) >= 11 is 0. The van der Waals surface area contributed by atoms with Crippen LogP contribution in [0.2, 0.25) is 0 Å². The lowest BCUT2D eigenvalue weighted by Gasteiger charge is -2.19. The Hall–Kier alpha value is -0.570. The number of rotatable bonds is 14. The maximum atomic E-state index is 11.3. The minimum atomic E-state index is -1.31. The van der Waals surface area contributed by atoms with E-state index >= 15 is 0 Å². The van der Waals surface area contributed by atoms with E-state index in [-0.39, 0.29) is 0 Å². The van der Waals surface area contributed by atoms with E-state index in [0.29, 0.717) is 6.42 Å². The zero-order chi connectivity index (χ0) is 16.0. The van der Waals surface area contributed by atoms with Crippen LogP contribution in [0.15, 0.2) is 0 Å². The molecule has 0 amide bonds. The molecule has 0 saturated carbocycles. The largest absolute Gasteiger partial charge is 0.467 e. The highest BCUT2D eigenvalue weighted by molar-refractivity contribution is 5.78. The maximum absolute atomic E-state index is 11.3. The van der Waals surface area contributed by atoms with E-state index in [9.17, 15) is 9.90 Å². The minimum Gasteiger partial charge on any atom is -0.467 e. The number of hydrogen-bond acceptors (Lipinski definition) is 3. The molecule has 0 bridgehead atoms. The molecule has 0 saturated heterocycles. The van der Waals surface area contributed by atoms with Gasteiger partial charge in [0.05, 0.1) is 7.11 Å². The highest BCUT2D eigenvalue weighted by atomic mass is 16.5. The highest BCUT2D eigenvalue weighted by Crippen LogP contribution is 2.17. The topological polar surface area (TPSA) is 46.5 Å². The lowest BCUT2D eigenvalue weighted by molar-refractivity contribution is -0.161. The molecule has 0 aromatic carbocycles. The lowest BCUT2D eigenvalue weighted by atomic mass is 9.97. The second kappa shape index (κ2) is 13.1. The van der Waals surface area contributed by atoms with Gasteiger partial charge in [-0.2, -0.15) is 0 Å². The average Bonchev–Trinajstić information content (AvgIpc) is 2.47. The summed E-state index contributed by atoms with van der Waals surface area (Å²) in [4.78, 5) is 11.3. The van der Waals surface area contributed by atoms with Crippen molar-refractivity contribution in [1.29, 1.82) is 0 Å². The molecule has 0 aromatic rings. The molecule has 0 heterocycles. The Bertz CT molecular complexity index is 249. The number of methoxy groups -OCH3 is 1. The van der Waals surface area contributed by atoms with Crippen molar-refractivity contribution < 1.29 is 14.6 Å². The molecule has 0 spiro atoms. The van der Waals surface area contributed by atoms with Crippen molar-refractivity contribution in [1.82, 2.24) is 0 Å². The number of carbonyl (C=O) groups is 1. The van der Waals surface area contributed by atoms with E-state index in [0.717, 1.165) is 12.8 Å². The summed E-state index contributed by atoms with van der Waals surface area (Å²) in [6.45, 7) is 3.79. The summed E-state index contributed by atoms with van der Waals surface area (Å²) < 4.78 is 4.58. The molecule has 1 N–H and O–H groups in total. The zero-order valence-corrected chi connectivity index (χ0v) is 14.5. The fourth-order valence-electron chi connectivity index (χ4n) is 2.63. The van der Waals surface area contributed by atoms with Gasteiger partial charge in [-0.25, -0.2) is 4.79 Å². The van der Waals surface area contributed by atoms with Crippen LogP contribution in [0.4, 0.5) is 0 Å². The van der Waals surface area contributed by atoms with Crippen molar-refractivity contribution in [3.05, 3.63) is 0 Å². The van der Waals surface area contributed by atoms with Crippen molar-refractivity contribution in [3.63, 3.8) is 0 Å². The molecule has 126 valence electrons. The van der Waals surface area contributed by atoms with Crippen LogP contribution in [-0.4, -0.2) is 23.8 Å². The monoisotopic (exact) mass is 300 g/mol. The van der Waals surface area contributed by atoms with Crippen LogP contribution in [0.1, 0.15) is 97.3 Å². The summed E-state index contributed by atoms with van der Waals surface area (Å²) in [6.07, 6.45) is 15.9. The van der Waals surface area contributed by atoms with E-state index in [1.165, 1.54) is 78.2 Å². The standard InChI is InChI=1S/C18H36O3/c1-4-5-6-7-8-9-10-11-12-13-14-15-16-18(2,20)17(19)21-3/h20H,4-16H2,1-3H3. The summed E-state index contributed by atoms with van der Waals surface area (Å²) in [5.41, 5.74) is -1.31. The summed E-state index contributed by atoms with van der Waals surface area (Å²) in [5.74, 6) is -0.523. The van der Waals surface area contributed by atoms with E-state index in [2.05, 4.69) is 11.7 Å². The number of aliphatic hydroxyl groups is 1. The van der Waals surface area contributed by atoms with Crippen molar-refractivity contribution in [3.8, 4) is 0 Å². The molecule has 0 aliphatic heterocycles. The Morgan fingerprint density at radius 1 is 0.857 bits per heavy atom. The second-order valence-electron chi connectivity index (χ2n) is 6.40. The normalized spacial score (nSPS) is 13.9. The van der Waals surface area contributed by atoms with E-state index in [1.807, 2.05) is 0 Å². The van der Waals surface area contributed by atoms with Gasteiger partial charge < -0.3 is 9.84 Å². The molecule has 0 aromatic heterocycles. The quantitative estimate of drug-likeness (QED) is 0.362. The zero-order valence-electron chi connectivity index (χ0n) is 14.5. The van der Waals surface area contributed by atoms with Gasteiger partial charge >= 0.3 is 5.97 Å². The predicted octanol–water partition coefficient (Wildman–Crippen LogP) is 5.00. The summed E-state index contributed by atoms with van der Waals surface area (Å²) in [6, 6.07) is 0. The van der Waals surface area contributed by atoms with Gasteiger partial charge in [0.25, 0.3) is 0 Å². The molecule has 1 unspecified atom stereocenters. The Morgan fingerprint density at radius 2 is 1.24 bits per heavy atom. The minimum absolute atomic E-state index is 0.497. The fourth-order valence-corrected chi connectivity index (χ4v) is 2.63. The van der Waals surface area contributed by atoms with E-state index < -0.39 is 11.6 Å². The molecule has 0 aliphatic rings. The Kier molecular flexibility index (Phi) is 12.8. The first-order valence-electron chi connectivity index (χ1n) is 8.85. The lowest BCUT2D eigenvalue weighted by Crippen LogP contribution is -2.35. The van der Waals surface area contributed by atoms with Crippen LogP contribution in [0.5, 0.6) is 0 Å². The Morgan fingerprint density at radius 3 is 1.62 bits per heavy atom. The third-order valence-electron chi connectivity index (χ3n) is 4.14. The Balaban J connectivity index is 3.28. The molecule has 1 atom stereocenters. The number of esters is 1. The first-order chi connectivity index (χ1) is 10.0. The third-order valence-corrected chi connectivity index (χ3v) is 4.14. The molecule has 3 nitrogen and oxygen atoms in total. The van der Waals surface area contributed by atoms with Gasteiger partial charge in [-0.3, -0.25) is 0 Å². The van der Waals surface area contributed by atoms with Crippen LogP contribution < -0.4 is 0 Å². The second-order valence-corrected chi connectivity index (χ2v) is 6.40. The first kappa shape index (κ1) is 20.4. The average molecular weight is 300 g/mol. The fraction of sp³-hybridized carbons (Fsp3) is 0.944. The van der Waals surface area contributed by atoms with Gasteiger partial charge in [0.2, 0.25) is 0 Å². The number of unbranched alkanes of at least 4 members (excludes halogenated alkanes) is 11. The van der Waals surface area contributed by atoms with Crippen molar-refractivity contribution >= 4 is 5.97 Å². The van der Waals surface area contributed by atoms with Crippen LogP contribution in [0.25, 0.3) is 0 Å². The first-order valence-corrected chi connectivity index (χ1v) is 8.85. The van der Waals surface area contributed by atoms with Crippen LogP contribution >= 0.6 is 0 Å². The molecule has 0 fully saturated rings. The molecule has 0 aliphatic carbocycles. The van der Waals surface area contributed by atoms with Crippen LogP contribution in [-0.2, 0) is 9.53 Å². The van der Waals surface area contributed by atoms with Gasteiger partial charge in [0.1, 0.15) is 0 Å².